The fourth-order valence-electron chi connectivity index (χ4n) is 2.31. The highest BCUT2D eigenvalue weighted by Gasteiger charge is 2.16. The molecule has 0 spiro atoms. The van der Waals surface area contributed by atoms with Gasteiger partial charge in [0.15, 0.2) is 0 Å². The molecule has 1 aliphatic rings. The van der Waals surface area contributed by atoms with Gasteiger partial charge in [-0.05, 0) is 24.3 Å². The van der Waals surface area contributed by atoms with E-state index in [1.54, 1.807) is 0 Å². The van der Waals surface area contributed by atoms with Crippen molar-refractivity contribution in [1.29, 1.82) is 0 Å². The Morgan fingerprint density at radius 1 is 0.708 bits per heavy atom. The monoisotopic (exact) mass is 394 g/mol. The quantitative estimate of drug-likeness (QED) is 0.372. The lowest BCUT2D eigenvalue weighted by Crippen LogP contribution is -1.94. The normalized spacial score (nSPS) is 12.9. The summed E-state index contributed by atoms with van der Waals surface area (Å²) in [7, 11) is 0. The number of benzene rings is 2. The molecule has 24 heavy (non-hydrogen) atoms. The Kier molecular flexibility index (Phi) is 7.39. The van der Waals surface area contributed by atoms with E-state index in [4.69, 9.17) is 45.8 Å². The van der Waals surface area contributed by atoms with E-state index in [2.05, 4.69) is 91.4 Å². The fourth-order valence-corrected chi connectivity index (χ4v) is 2.31. The van der Waals surface area contributed by atoms with Gasteiger partial charge in [-0.1, -0.05) is 36.4 Å². The molecule has 0 nitrogen and oxygen atoms in total. The van der Waals surface area contributed by atoms with Crippen LogP contribution >= 0.6 is 45.8 Å². The van der Waals surface area contributed by atoms with Crippen LogP contribution in [-0.4, -0.2) is 3.81 Å². The summed E-state index contributed by atoms with van der Waals surface area (Å²) in [5.74, 6) is 0. The lowest BCUT2D eigenvalue weighted by molar-refractivity contribution is 1.46. The zero-order chi connectivity index (χ0) is 17.4. The Hall–Kier alpha value is -1.25. The second-order valence-electron chi connectivity index (χ2n) is 4.97. The molecule has 3 rings (SSSR count). The van der Waals surface area contributed by atoms with Gasteiger partial charge in [0, 0.05) is 41.9 Å². The summed E-state index contributed by atoms with van der Waals surface area (Å²) in [6, 6.07) is 21.1. The maximum atomic E-state index is 4.89. The molecule has 0 radical (unpaired) electrons. The summed E-state index contributed by atoms with van der Waals surface area (Å²) < 4.78 is -2.11. The van der Waals surface area contributed by atoms with E-state index in [1.807, 2.05) is 0 Å². The molecular weight excluding hydrogens is 381 g/mol. The van der Waals surface area contributed by atoms with Gasteiger partial charge in [-0.2, -0.15) is 0 Å². The van der Waals surface area contributed by atoms with Crippen molar-refractivity contribution in [2.75, 3.05) is 0 Å². The van der Waals surface area contributed by atoms with Crippen molar-refractivity contribution < 1.29 is 0 Å². The van der Waals surface area contributed by atoms with E-state index < -0.39 is 3.81 Å². The molecule has 0 aliphatic heterocycles. The highest BCUT2D eigenvalue weighted by molar-refractivity contribution is 7.81. The number of halogens is 4. The van der Waals surface area contributed by atoms with Gasteiger partial charge in [0.05, 0.1) is 5.57 Å². The minimum atomic E-state index is -2.11. The molecule has 2 aromatic carbocycles. The van der Waals surface area contributed by atoms with Crippen molar-refractivity contribution >= 4 is 55.2 Å². The summed E-state index contributed by atoms with van der Waals surface area (Å²) in [6.45, 7) is 0. The van der Waals surface area contributed by atoms with E-state index in [9.17, 15) is 0 Å². The van der Waals surface area contributed by atoms with Crippen LogP contribution in [0.25, 0.3) is 5.57 Å². The van der Waals surface area contributed by atoms with Gasteiger partial charge in [0.2, 0.25) is 0 Å². The Bertz CT molecular complexity index is 681. The van der Waals surface area contributed by atoms with Crippen LogP contribution in [-0.2, 0) is 0 Å². The lowest BCUT2D eigenvalue weighted by Gasteiger charge is -2.08. The van der Waals surface area contributed by atoms with Gasteiger partial charge < -0.3 is 45.8 Å². The van der Waals surface area contributed by atoms with Crippen molar-refractivity contribution in [3.8, 4) is 0 Å². The van der Waals surface area contributed by atoms with Crippen LogP contribution in [0.1, 0.15) is 11.1 Å². The number of hydrogen-bond donors (Lipinski definition) is 0. The summed E-state index contributed by atoms with van der Waals surface area (Å²) in [6.07, 6.45) is 10.5. The van der Waals surface area contributed by atoms with Crippen LogP contribution in [0.15, 0.2) is 90.5 Å². The minimum absolute atomic E-state index is 1.25. The van der Waals surface area contributed by atoms with Gasteiger partial charge in [0.1, 0.15) is 5.57 Å². The molecule has 0 N–H and O–H groups in total. The lowest BCUT2D eigenvalue weighted by atomic mass is 9.90. The van der Waals surface area contributed by atoms with Crippen molar-refractivity contribution in [3.05, 3.63) is 108 Å². The summed E-state index contributed by atoms with van der Waals surface area (Å²) >= 11 is 19.6. The van der Waals surface area contributed by atoms with E-state index in [-0.39, 0.29) is 0 Å². The number of rotatable bonds is 2. The third-order valence-electron chi connectivity index (χ3n) is 3.19. The third kappa shape index (κ3) is 6.71. The average molecular weight is 396 g/mol. The molecule has 0 saturated carbocycles. The largest absolute Gasteiger partial charge is 0.332 e. The standard InChI is InChI=1S/C19H15.BCl4/c1-4-10-16(11-5-1)19(17-12-6-2-7-13-17)18-14-8-3-9-15-18;2-1(3,4)5/h1-15H;/q+1;-1. The maximum Gasteiger partial charge on any atom is 0.328 e. The summed E-state index contributed by atoms with van der Waals surface area (Å²) in [4.78, 5) is 0. The predicted octanol–water partition coefficient (Wildman–Crippen LogP) is 7.20. The topological polar surface area (TPSA) is 0 Å². The molecule has 0 bridgehead atoms. The third-order valence-corrected chi connectivity index (χ3v) is 3.19. The van der Waals surface area contributed by atoms with E-state index in [0.29, 0.717) is 0 Å². The van der Waals surface area contributed by atoms with E-state index in [1.165, 1.54) is 22.3 Å². The van der Waals surface area contributed by atoms with Crippen molar-refractivity contribution in [3.63, 3.8) is 0 Å². The average Bonchev–Trinajstić information content (AvgIpc) is 2.57. The molecule has 0 unspecified atom stereocenters. The van der Waals surface area contributed by atoms with E-state index in [0.717, 1.165) is 0 Å². The number of hydrogen-bond acceptors (Lipinski definition) is 0. The van der Waals surface area contributed by atoms with Crippen LogP contribution in [0.3, 0.4) is 0 Å². The first-order valence-corrected chi connectivity index (χ1v) is 9.10. The minimum Gasteiger partial charge on any atom is -0.332 e. The van der Waals surface area contributed by atoms with Crippen molar-refractivity contribution in [2.45, 2.75) is 0 Å². The highest BCUT2D eigenvalue weighted by atomic mass is 35.6. The van der Waals surface area contributed by atoms with Crippen LogP contribution in [0.4, 0.5) is 0 Å². The van der Waals surface area contributed by atoms with Crippen molar-refractivity contribution in [2.24, 2.45) is 0 Å². The fraction of sp³-hybridized carbons (Fsp3) is 0. The van der Waals surface area contributed by atoms with Gasteiger partial charge in [-0.25, -0.2) is 0 Å². The Morgan fingerprint density at radius 2 is 1.17 bits per heavy atom. The molecule has 0 atom stereocenters. The first-order chi connectivity index (χ1) is 11.4. The van der Waals surface area contributed by atoms with Gasteiger partial charge in [0.25, 0.3) is 0 Å². The molecule has 0 saturated heterocycles. The first-order valence-electron chi connectivity index (χ1n) is 7.35. The Balaban J connectivity index is 0.000000368. The molecule has 1 aliphatic carbocycles. The molecule has 122 valence electrons. The van der Waals surface area contributed by atoms with Crippen LogP contribution in [0.5, 0.6) is 0 Å². The van der Waals surface area contributed by atoms with Crippen LogP contribution in [0.2, 0.25) is 0 Å². The van der Waals surface area contributed by atoms with Crippen LogP contribution in [0, 0.1) is 6.42 Å². The molecule has 2 aromatic rings. The Labute approximate surface area is 163 Å². The maximum absolute atomic E-state index is 4.89. The molecule has 0 heterocycles. The molecular formula is C19H15BCl4. The van der Waals surface area contributed by atoms with E-state index >= 15 is 0 Å². The highest BCUT2D eigenvalue weighted by Crippen LogP contribution is 2.30. The second-order valence-corrected chi connectivity index (χ2v) is 8.93. The van der Waals surface area contributed by atoms with Gasteiger partial charge in [-0.3, -0.25) is 0 Å². The SMILES string of the molecule is C1=C[CH+]C(=C(c2ccccc2)c2ccccc2)C=C1.Cl[B-](Cl)(Cl)Cl. The van der Waals surface area contributed by atoms with Crippen molar-refractivity contribution in [1.82, 2.24) is 0 Å². The zero-order valence-electron chi connectivity index (χ0n) is 12.7. The van der Waals surface area contributed by atoms with Crippen LogP contribution < -0.4 is 0 Å². The number of allylic oxidation sites excluding steroid dienone is 5. The Morgan fingerprint density at radius 3 is 1.54 bits per heavy atom. The van der Waals surface area contributed by atoms with Gasteiger partial charge in [-0.15, -0.1) is 0 Å². The molecule has 5 heteroatoms. The van der Waals surface area contributed by atoms with Gasteiger partial charge >= 0.3 is 3.81 Å². The first kappa shape index (κ1) is 19.1. The smallest absolute Gasteiger partial charge is 0.328 e. The zero-order valence-corrected chi connectivity index (χ0v) is 15.8. The molecule has 0 fully saturated rings. The second kappa shape index (κ2) is 9.29. The summed E-state index contributed by atoms with van der Waals surface area (Å²) in [5, 5.41) is 0. The predicted molar refractivity (Wildman–Crippen MR) is 111 cm³/mol. The molecule has 0 aromatic heterocycles. The summed E-state index contributed by atoms with van der Waals surface area (Å²) in [5.41, 5.74) is 5.03. The molecule has 0 amide bonds.